The Balaban J connectivity index is 2.12. The number of halogens is 2. The smallest absolute Gasteiger partial charge is 0.228 e. The van der Waals surface area contributed by atoms with Gasteiger partial charge in [-0.3, -0.25) is 4.79 Å². The number of hydrogen-bond acceptors (Lipinski definition) is 1. The lowest BCUT2D eigenvalue weighted by Crippen LogP contribution is -2.16. The van der Waals surface area contributed by atoms with Gasteiger partial charge in [-0.25, -0.2) is 0 Å². The second-order valence-electron chi connectivity index (χ2n) is 6.22. The van der Waals surface area contributed by atoms with E-state index in [9.17, 15) is 4.79 Å². The first-order valence-corrected chi connectivity index (χ1v) is 7.39. The normalized spacial score (nSPS) is 23.1. The maximum Gasteiger partial charge on any atom is 0.228 e. The number of rotatable bonds is 3. The molecule has 2 rings (SSSR count). The molecule has 0 aromatic heterocycles. The van der Waals surface area contributed by atoms with Gasteiger partial charge in [-0.15, -0.1) is 0 Å². The van der Waals surface area contributed by atoms with Crippen molar-refractivity contribution >= 4 is 34.8 Å². The lowest BCUT2D eigenvalue weighted by atomic mass is 10.1. The number of hydrogen-bond donors (Lipinski definition) is 1. The molecule has 1 aliphatic rings. The van der Waals surface area contributed by atoms with Crippen molar-refractivity contribution in [3.63, 3.8) is 0 Å². The minimum Gasteiger partial charge on any atom is -0.326 e. The second-order valence-corrected chi connectivity index (χ2v) is 7.09. The molecule has 1 aliphatic carbocycles. The highest BCUT2D eigenvalue weighted by Crippen LogP contribution is 2.59. The molecule has 0 spiro atoms. The minimum atomic E-state index is -0.00448. The van der Waals surface area contributed by atoms with Gasteiger partial charge in [-0.2, -0.15) is 0 Å². The molecule has 1 N–H and O–H groups in total. The first kappa shape index (κ1) is 15.4. The van der Waals surface area contributed by atoms with Gasteiger partial charge in [-0.1, -0.05) is 48.7 Å². The van der Waals surface area contributed by atoms with Crippen molar-refractivity contribution in [1.29, 1.82) is 0 Å². The zero-order valence-corrected chi connectivity index (χ0v) is 13.6. The Hall–Kier alpha value is -0.990. The van der Waals surface area contributed by atoms with E-state index in [-0.39, 0.29) is 17.2 Å². The van der Waals surface area contributed by atoms with Crippen LogP contribution in [0.15, 0.2) is 29.8 Å². The fourth-order valence-electron chi connectivity index (χ4n) is 2.69. The fraction of sp³-hybridized carbons (Fsp3) is 0.438. The van der Waals surface area contributed by atoms with E-state index >= 15 is 0 Å². The first-order chi connectivity index (χ1) is 9.21. The van der Waals surface area contributed by atoms with Gasteiger partial charge in [0.1, 0.15) is 0 Å². The first-order valence-electron chi connectivity index (χ1n) is 6.64. The fourth-order valence-corrected chi connectivity index (χ4v) is 3.22. The third-order valence-corrected chi connectivity index (χ3v) is 4.27. The van der Waals surface area contributed by atoms with Gasteiger partial charge < -0.3 is 5.32 Å². The second kappa shape index (κ2) is 5.42. The monoisotopic (exact) mass is 311 g/mol. The van der Waals surface area contributed by atoms with Gasteiger partial charge in [-0.05, 0) is 43.4 Å². The highest BCUT2D eigenvalue weighted by Gasteiger charge is 2.60. The largest absolute Gasteiger partial charge is 0.326 e. The average Bonchev–Trinajstić information content (AvgIpc) is 2.77. The van der Waals surface area contributed by atoms with Crippen LogP contribution in [0.5, 0.6) is 0 Å². The molecule has 1 saturated carbocycles. The number of carbonyl (C=O) groups is 1. The highest BCUT2D eigenvalue weighted by molar-refractivity contribution is 6.35. The molecule has 0 radical (unpaired) electrons. The molecule has 0 saturated heterocycles. The van der Waals surface area contributed by atoms with Crippen molar-refractivity contribution in [3.8, 4) is 0 Å². The number of anilines is 1. The summed E-state index contributed by atoms with van der Waals surface area (Å²) in [5.74, 6) is 0.313. The van der Waals surface area contributed by atoms with E-state index in [0.717, 1.165) is 0 Å². The molecule has 0 unspecified atom stereocenters. The van der Waals surface area contributed by atoms with Crippen LogP contribution >= 0.6 is 23.2 Å². The molecule has 1 fully saturated rings. The molecular formula is C16H19Cl2NO. The Morgan fingerprint density at radius 2 is 1.75 bits per heavy atom. The minimum absolute atomic E-state index is 0.00369. The summed E-state index contributed by atoms with van der Waals surface area (Å²) in [6, 6.07) is 5.05. The summed E-state index contributed by atoms with van der Waals surface area (Å²) in [5, 5.41) is 3.94. The van der Waals surface area contributed by atoms with Crippen LogP contribution in [0.3, 0.4) is 0 Å². The predicted octanol–water partition coefficient (Wildman–Crippen LogP) is 5.17. The molecule has 1 aromatic rings. The van der Waals surface area contributed by atoms with Crippen LogP contribution in [-0.4, -0.2) is 5.91 Å². The summed E-state index contributed by atoms with van der Waals surface area (Å²) in [4.78, 5) is 12.4. The van der Waals surface area contributed by atoms with Crippen molar-refractivity contribution in [2.75, 3.05) is 5.32 Å². The summed E-state index contributed by atoms with van der Waals surface area (Å²) < 4.78 is 0. The summed E-state index contributed by atoms with van der Waals surface area (Å²) in [6.07, 6.45) is 2.18. The zero-order valence-electron chi connectivity index (χ0n) is 12.1. The molecule has 20 heavy (non-hydrogen) atoms. The van der Waals surface area contributed by atoms with Crippen LogP contribution in [0.1, 0.15) is 27.7 Å². The van der Waals surface area contributed by atoms with Crippen LogP contribution < -0.4 is 5.32 Å². The summed E-state index contributed by atoms with van der Waals surface area (Å²) in [7, 11) is 0. The predicted molar refractivity (Wildman–Crippen MR) is 85.3 cm³/mol. The zero-order chi connectivity index (χ0) is 15.1. The lowest BCUT2D eigenvalue weighted by molar-refractivity contribution is -0.118. The SMILES string of the molecule is CC(C)=C[C@@H]1[C@@H](C(=O)Nc2cc(Cl)cc(Cl)c2)C1(C)C. The van der Waals surface area contributed by atoms with Gasteiger partial charge in [0.15, 0.2) is 0 Å². The summed E-state index contributed by atoms with van der Waals surface area (Å²) in [5.41, 5.74) is 1.89. The Morgan fingerprint density at radius 3 is 2.25 bits per heavy atom. The van der Waals surface area contributed by atoms with Gasteiger partial charge in [0.2, 0.25) is 5.91 Å². The average molecular weight is 312 g/mol. The Morgan fingerprint density at radius 1 is 1.20 bits per heavy atom. The van der Waals surface area contributed by atoms with Gasteiger partial charge in [0.25, 0.3) is 0 Å². The molecule has 1 aromatic carbocycles. The lowest BCUT2D eigenvalue weighted by Gasteiger charge is -2.07. The maximum atomic E-state index is 12.4. The molecule has 0 bridgehead atoms. The van der Waals surface area contributed by atoms with Crippen molar-refractivity contribution in [2.24, 2.45) is 17.3 Å². The van der Waals surface area contributed by atoms with Crippen molar-refractivity contribution in [1.82, 2.24) is 0 Å². The van der Waals surface area contributed by atoms with Crippen molar-refractivity contribution < 1.29 is 4.79 Å². The Kier molecular flexibility index (Phi) is 4.17. The highest BCUT2D eigenvalue weighted by atomic mass is 35.5. The molecule has 2 atom stereocenters. The topological polar surface area (TPSA) is 29.1 Å². The van der Waals surface area contributed by atoms with E-state index in [0.29, 0.717) is 21.7 Å². The Bertz CT molecular complexity index is 554. The van der Waals surface area contributed by atoms with Crippen LogP contribution in [0, 0.1) is 17.3 Å². The molecule has 2 nitrogen and oxygen atoms in total. The molecule has 0 heterocycles. The maximum absolute atomic E-state index is 12.4. The third-order valence-electron chi connectivity index (χ3n) is 3.84. The van der Waals surface area contributed by atoms with Gasteiger partial charge >= 0.3 is 0 Å². The van der Waals surface area contributed by atoms with Crippen LogP contribution in [0.4, 0.5) is 5.69 Å². The van der Waals surface area contributed by atoms with Crippen LogP contribution in [0.2, 0.25) is 10.0 Å². The van der Waals surface area contributed by atoms with Crippen LogP contribution in [0.25, 0.3) is 0 Å². The number of benzene rings is 1. The molecule has 108 valence electrons. The number of carbonyl (C=O) groups excluding carboxylic acids is 1. The van der Waals surface area contributed by atoms with Crippen molar-refractivity contribution in [3.05, 3.63) is 39.9 Å². The quantitative estimate of drug-likeness (QED) is 0.766. The molecular weight excluding hydrogens is 293 g/mol. The molecule has 0 aliphatic heterocycles. The van der Waals surface area contributed by atoms with Gasteiger partial charge in [0.05, 0.1) is 5.92 Å². The third kappa shape index (κ3) is 3.18. The van der Waals surface area contributed by atoms with E-state index in [1.807, 2.05) is 0 Å². The standard InChI is InChI=1S/C16H19Cl2NO/c1-9(2)5-13-14(16(13,3)4)15(20)19-12-7-10(17)6-11(18)8-12/h5-8,13-14H,1-4H3,(H,19,20)/t13-,14+/m1/s1. The molecule has 1 amide bonds. The van der Waals surface area contributed by atoms with Gasteiger partial charge in [0, 0.05) is 15.7 Å². The number of amides is 1. The Labute approximate surface area is 130 Å². The van der Waals surface area contributed by atoms with Crippen LogP contribution in [-0.2, 0) is 4.79 Å². The number of allylic oxidation sites excluding steroid dienone is 2. The van der Waals surface area contributed by atoms with E-state index in [1.54, 1.807) is 18.2 Å². The van der Waals surface area contributed by atoms with E-state index in [4.69, 9.17) is 23.2 Å². The summed E-state index contributed by atoms with van der Waals surface area (Å²) in [6.45, 7) is 8.35. The van der Waals surface area contributed by atoms with E-state index in [1.165, 1.54) is 5.57 Å². The van der Waals surface area contributed by atoms with E-state index < -0.39 is 0 Å². The molecule has 4 heteroatoms. The van der Waals surface area contributed by atoms with E-state index in [2.05, 4.69) is 39.1 Å². The van der Waals surface area contributed by atoms with Crippen molar-refractivity contribution in [2.45, 2.75) is 27.7 Å². The summed E-state index contributed by atoms with van der Waals surface area (Å²) >= 11 is 11.9. The number of nitrogens with one attached hydrogen (secondary N) is 1.